The molecule has 3 aromatic heterocycles. The normalized spacial score (nSPS) is 12.3. The minimum absolute atomic E-state index is 0. The minimum atomic E-state index is -1.40. The van der Waals surface area contributed by atoms with E-state index in [0.29, 0.717) is 5.56 Å². The van der Waals surface area contributed by atoms with Crippen LogP contribution in [0.4, 0.5) is 0 Å². The summed E-state index contributed by atoms with van der Waals surface area (Å²) >= 11 is 0. The average molecular weight is 1010 g/mol. The number of nitrogens with zero attached hydrogens (tertiary/aromatic N) is 3. The smallest absolute Gasteiger partial charge is 0.121 e. The van der Waals surface area contributed by atoms with Crippen molar-refractivity contribution in [1.82, 2.24) is 14.5 Å². The van der Waals surface area contributed by atoms with Gasteiger partial charge in [-0.05, 0) is 98.6 Å². The average Bonchev–Trinajstić information content (AvgIpc) is 3.90. The fourth-order valence-electron chi connectivity index (χ4n) is 8.37. The van der Waals surface area contributed by atoms with Gasteiger partial charge in [0.15, 0.2) is 0 Å². The van der Waals surface area contributed by atoms with Gasteiger partial charge in [0.1, 0.15) is 5.58 Å². The van der Waals surface area contributed by atoms with E-state index in [9.17, 15) is 0 Å². The van der Waals surface area contributed by atoms with Crippen LogP contribution in [0.1, 0.15) is 79.7 Å². The molecule has 1 radical (unpaired) electrons. The Kier molecular flexibility index (Phi) is 12.2. The van der Waals surface area contributed by atoms with Gasteiger partial charge in [0.05, 0.1) is 22.4 Å². The molecule has 0 fully saturated rings. The number of rotatable bonds is 8. The molecule has 0 atom stereocenters. The number of hydrogen-bond donors (Lipinski definition) is 0. The van der Waals surface area contributed by atoms with Crippen LogP contribution in [0.3, 0.4) is 0 Å². The van der Waals surface area contributed by atoms with Crippen LogP contribution in [-0.4, -0.2) is 14.5 Å². The Morgan fingerprint density at radius 2 is 1.30 bits per heavy atom. The summed E-state index contributed by atoms with van der Waals surface area (Å²) in [6.45, 7) is 14.8. The molecule has 0 bridgehead atoms. The maximum atomic E-state index is 8.21. The van der Waals surface area contributed by atoms with E-state index in [4.69, 9.17) is 12.1 Å². The van der Waals surface area contributed by atoms with Crippen molar-refractivity contribution in [3.8, 4) is 50.6 Å². The van der Waals surface area contributed by atoms with Crippen LogP contribution in [0.5, 0.6) is 0 Å². The monoisotopic (exact) mass is 1010 g/mol. The molecule has 0 N–H and O–H groups in total. The second kappa shape index (κ2) is 18.8. The van der Waals surface area contributed by atoms with E-state index in [2.05, 4.69) is 165 Å². The third kappa shape index (κ3) is 9.15. The molecular weight excluding hydrogens is 959 g/mol. The molecule has 3 heterocycles. The van der Waals surface area contributed by atoms with Gasteiger partial charge < -0.3 is 14.0 Å². The summed E-state index contributed by atoms with van der Waals surface area (Å²) in [6.07, 6.45) is 0.223. The van der Waals surface area contributed by atoms with Crippen molar-refractivity contribution in [2.24, 2.45) is 5.41 Å². The Morgan fingerprint density at radius 3 is 1.92 bits per heavy atom. The predicted molar refractivity (Wildman–Crippen MR) is 263 cm³/mol. The summed E-state index contributed by atoms with van der Waals surface area (Å²) in [6, 6.07) is 62.9. The van der Waals surface area contributed by atoms with Crippen LogP contribution in [0.2, 0.25) is 0 Å². The van der Waals surface area contributed by atoms with Crippen LogP contribution < -0.4 is 0 Å². The summed E-state index contributed by atoms with van der Waals surface area (Å²) in [5.41, 5.74) is 15.0. The van der Waals surface area contributed by atoms with Crippen LogP contribution in [-0.2, 0) is 26.5 Å². The zero-order valence-corrected chi connectivity index (χ0v) is 39.8. The molecule has 5 heteroatoms. The summed E-state index contributed by atoms with van der Waals surface area (Å²) in [7, 11) is 0. The second-order valence-electron chi connectivity index (χ2n) is 17.8. The Labute approximate surface area is 394 Å². The van der Waals surface area contributed by atoms with Crippen LogP contribution in [0.25, 0.3) is 83.6 Å². The molecule has 10 rings (SSSR count). The molecular formula is C59H53IrN3O-2. The molecule has 321 valence electrons. The van der Waals surface area contributed by atoms with E-state index >= 15 is 0 Å². The van der Waals surface area contributed by atoms with E-state index in [1.807, 2.05) is 69.3 Å². The molecule has 10 aromatic rings. The Hall–Kier alpha value is -6.39. The van der Waals surface area contributed by atoms with E-state index in [1.54, 1.807) is 6.20 Å². The number of imidazole rings is 1. The molecule has 0 unspecified atom stereocenters. The maximum absolute atomic E-state index is 8.21. The number of benzene rings is 7. The van der Waals surface area contributed by atoms with Crippen LogP contribution in [0.15, 0.2) is 174 Å². The summed E-state index contributed by atoms with van der Waals surface area (Å²) in [4.78, 5) is 9.66. The third-order valence-electron chi connectivity index (χ3n) is 11.3. The van der Waals surface area contributed by atoms with Crippen molar-refractivity contribution in [2.75, 3.05) is 0 Å². The molecule has 64 heavy (non-hydrogen) atoms. The van der Waals surface area contributed by atoms with Crippen molar-refractivity contribution in [3.63, 3.8) is 0 Å². The zero-order valence-electron chi connectivity index (χ0n) is 39.4. The first kappa shape index (κ1) is 41.6. The van der Waals surface area contributed by atoms with Gasteiger partial charge >= 0.3 is 0 Å². The fraction of sp³-hybridized carbons (Fsp3) is 0.186. The molecule has 0 aliphatic rings. The van der Waals surface area contributed by atoms with Crippen molar-refractivity contribution in [2.45, 2.75) is 66.7 Å². The summed E-state index contributed by atoms with van der Waals surface area (Å²) in [5.74, 6) is 1.41. The largest absolute Gasteiger partial charge is 0.501 e. The van der Waals surface area contributed by atoms with E-state index in [-0.39, 0.29) is 31.9 Å². The summed E-state index contributed by atoms with van der Waals surface area (Å²) < 4.78 is 25.5. The predicted octanol–water partition coefficient (Wildman–Crippen LogP) is 16.1. The molecule has 0 amide bonds. The minimum Gasteiger partial charge on any atom is -0.501 e. The van der Waals surface area contributed by atoms with Gasteiger partial charge in [-0.3, -0.25) is 4.98 Å². The fourth-order valence-corrected chi connectivity index (χ4v) is 8.37. The van der Waals surface area contributed by atoms with Gasteiger partial charge in [-0.25, -0.2) is 0 Å². The molecule has 0 aliphatic carbocycles. The maximum Gasteiger partial charge on any atom is 0.121 e. The summed E-state index contributed by atoms with van der Waals surface area (Å²) in [5, 5.41) is 2.15. The Balaban J connectivity index is 0.000000249. The number of furan rings is 1. The van der Waals surface area contributed by atoms with E-state index < -0.39 is 11.8 Å². The first-order valence-corrected chi connectivity index (χ1v) is 21.9. The number of para-hydroxylation sites is 2. The van der Waals surface area contributed by atoms with Gasteiger partial charge in [-0.2, -0.15) is 0 Å². The standard InChI is InChI=1S/C43H35N2O.C16H18N.Ir/c1-27(2)36-24-32(30-16-9-6-10-17-30)25-37(28(3)4)41(36)45-39-21-12-11-20-38(39)44-43(45)35-19-13-18-34-33-23-22-31(26-40(33)46-42(34)35)29-14-7-5-8-15-29;1-16(2,3)11-13-9-10-15(17-12-13)14-7-5-4-6-8-14;/h5-18,20-28H,1-4H3;4-7,9-10,12H,11H2,1-3H3;/q2*-1;/i;11D2;. The van der Waals surface area contributed by atoms with Gasteiger partial charge in [0.2, 0.25) is 0 Å². The molecule has 0 saturated carbocycles. The third-order valence-corrected chi connectivity index (χ3v) is 11.3. The van der Waals surface area contributed by atoms with Crippen molar-refractivity contribution >= 4 is 33.0 Å². The zero-order chi connectivity index (χ0) is 45.5. The first-order valence-electron chi connectivity index (χ1n) is 22.9. The van der Waals surface area contributed by atoms with Gasteiger partial charge in [-0.1, -0.05) is 156 Å². The van der Waals surface area contributed by atoms with Crippen LogP contribution in [0, 0.1) is 17.5 Å². The quantitative estimate of drug-likeness (QED) is 0.143. The van der Waals surface area contributed by atoms with Gasteiger partial charge in [-0.15, -0.1) is 54.1 Å². The van der Waals surface area contributed by atoms with Crippen LogP contribution >= 0.6 is 0 Å². The Morgan fingerprint density at radius 1 is 0.641 bits per heavy atom. The molecule has 0 saturated heterocycles. The van der Waals surface area contributed by atoms with Gasteiger partial charge in [0, 0.05) is 40.1 Å². The number of aromatic nitrogens is 3. The van der Waals surface area contributed by atoms with Gasteiger partial charge in [0.25, 0.3) is 0 Å². The van der Waals surface area contributed by atoms with E-state index in [0.717, 1.165) is 61.2 Å². The number of fused-ring (bicyclic) bond motifs is 4. The first-order chi connectivity index (χ1) is 31.3. The molecule has 7 aromatic carbocycles. The Bertz CT molecular complexity index is 3230. The van der Waals surface area contributed by atoms with Crippen molar-refractivity contribution < 1.29 is 27.3 Å². The number of pyridine rings is 1. The van der Waals surface area contributed by atoms with Crippen molar-refractivity contribution in [1.29, 1.82) is 0 Å². The molecule has 0 aliphatic heterocycles. The molecule has 0 spiro atoms. The molecule has 4 nitrogen and oxygen atoms in total. The van der Waals surface area contributed by atoms with E-state index in [1.165, 1.54) is 33.5 Å². The van der Waals surface area contributed by atoms with Crippen molar-refractivity contribution in [3.05, 3.63) is 199 Å². The topological polar surface area (TPSA) is 43.9 Å². The number of hydrogen-bond acceptors (Lipinski definition) is 3. The second-order valence-corrected chi connectivity index (χ2v) is 17.8. The SMILES string of the molecule is CC(C)c1cc(-c2ccccc2)cc(C(C)C)c1-n1c(-c2[c-]ccc3c2oc2cc(-c4ccccc4)ccc23)nc2ccccc21.[2H]C([2H])(c1ccc(-c2[c-]cccc2)nc1)C(C)(C)C.[Ir].